The van der Waals surface area contributed by atoms with E-state index in [2.05, 4.69) is 5.32 Å². The summed E-state index contributed by atoms with van der Waals surface area (Å²) >= 11 is 4.96. The number of carbonyl (C=O) groups is 1. The summed E-state index contributed by atoms with van der Waals surface area (Å²) in [6.45, 7) is 3.63. The van der Waals surface area contributed by atoms with Crippen molar-refractivity contribution < 1.29 is 9.90 Å². The van der Waals surface area contributed by atoms with Gasteiger partial charge in [0.25, 0.3) is 0 Å². The zero-order valence-electron chi connectivity index (χ0n) is 12.0. The first-order valence-electron chi connectivity index (χ1n) is 6.41. The Morgan fingerprint density at radius 2 is 2.05 bits per heavy atom. The number of para-hydroxylation sites is 1. The Morgan fingerprint density at radius 1 is 1.45 bits per heavy atom. The van der Waals surface area contributed by atoms with Gasteiger partial charge in [-0.05, 0) is 33.0 Å². The molecule has 4 N–H and O–H groups in total. The quantitative estimate of drug-likeness (QED) is 0.681. The molecule has 1 rings (SSSR count). The van der Waals surface area contributed by atoms with Crippen LogP contribution in [-0.2, 0) is 4.79 Å². The number of hydrogen-bond acceptors (Lipinski definition) is 4. The standard InChI is InChI=1S/C14H21N3O2S/c1-9(8-18)17(3)10(2)14(19)16-12-7-5-4-6-11(12)13(15)20/h4-7,9-10,18H,8H2,1-3H3,(H2,15,20)(H,16,19). The van der Waals surface area contributed by atoms with Gasteiger partial charge in [0.1, 0.15) is 4.99 Å². The van der Waals surface area contributed by atoms with Crippen LogP contribution in [0.5, 0.6) is 0 Å². The van der Waals surface area contributed by atoms with Crippen LogP contribution in [0.3, 0.4) is 0 Å². The number of nitrogens with two attached hydrogens (primary N) is 1. The van der Waals surface area contributed by atoms with Gasteiger partial charge in [-0.15, -0.1) is 0 Å². The molecule has 0 aliphatic rings. The summed E-state index contributed by atoms with van der Waals surface area (Å²) in [6.07, 6.45) is 0. The van der Waals surface area contributed by atoms with Gasteiger partial charge in [0.05, 0.1) is 18.3 Å². The van der Waals surface area contributed by atoms with Crippen LogP contribution >= 0.6 is 12.2 Å². The molecule has 6 heteroatoms. The second kappa shape index (κ2) is 7.33. The van der Waals surface area contributed by atoms with E-state index in [1.807, 2.05) is 19.1 Å². The number of aliphatic hydroxyl groups excluding tert-OH is 1. The van der Waals surface area contributed by atoms with E-state index in [1.165, 1.54) is 0 Å². The van der Waals surface area contributed by atoms with Crippen molar-refractivity contribution in [1.82, 2.24) is 4.90 Å². The largest absolute Gasteiger partial charge is 0.395 e. The normalized spacial score (nSPS) is 13.8. The van der Waals surface area contributed by atoms with Gasteiger partial charge < -0.3 is 16.2 Å². The molecule has 5 nitrogen and oxygen atoms in total. The van der Waals surface area contributed by atoms with Gasteiger partial charge in [-0.3, -0.25) is 9.69 Å². The molecule has 0 aliphatic heterocycles. The van der Waals surface area contributed by atoms with E-state index in [1.54, 1.807) is 31.0 Å². The minimum atomic E-state index is -0.378. The summed E-state index contributed by atoms with van der Waals surface area (Å²) in [5.41, 5.74) is 6.87. The van der Waals surface area contributed by atoms with E-state index in [0.29, 0.717) is 11.3 Å². The lowest BCUT2D eigenvalue weighted by Gasteiger charge is -2.28. The van der Waals surface area contributed by atoms with Crippen molar-refractivity contribution in [3.05, 3.63) is 29.8 Å². The molecule has 0 aromatic heterocycles. The van der Waals surface area contributed by atoms with Crippen molar-refractivity contribution in [3.8, 4) is 0 Å². The molecule has 0 saturated heterocycles. The first kappa shape index (κ1) is 16.6. The molecule has 2 atom stereocenters. The number of hydrogen-bond donors (Lipinski definition) is 3. The SMILES string of the molecule is CC(CO)N(C)C(C)C(=O)Nc1ccccc1C(N)=S. The third kappa shape index (κ3) is 4.00. The van der Waals surface area contributed by atoms with Crippen molar-refractivity contribution in [2.75, 3.05) is 19.0 Å². The summed E-state index contributed by atoms with van der Waals surface area (Å²) < 4.78 is 0. The summed E-state index contributed by atoms with van der Waals surface area (Å²) in [5, 5.41) is 12.0. The minimum absolute atomic E-state index is 0.00239. The van der Waals surface area contributed by atoms with E-state index in [0.717, 1.165) is 0 Å². The highest BCUT2D eigenvalue weighted by Gasteiger charge is 2.22. The molecule has 0 spiro atoms. The molecule has 0 fully saturated rings. The number of nitrogens with zero attached hydrogens (tertiary/aromatic N) is 1. The molecule has 0 aliphatic carbocycles. The minimum Gasteiger partial charge on any atom is -0.395 e. The zero-order valence-corrected chi connectivity index (χ0v) is 12.8. The highest BCUT2D eigenvalue weighted by atomic mass is 32.1. The fourth-order valence-corrected chi connectivity index (χ4v) is 1.92. The van der Waals surface area contributed by atoms with Gasteiger partial charge in [0, 0.05) is 11.6 Å². The fraction of sp³-hybridized carbons (Fsp3) is 0.429. The summed E-state index contributed by atoms with van der Waals surface area (Å²) in [6, 6.07) is 6.67. The van der Waals surface area contributed by atoms with Gasteiger partial charge in [0.15, 0.2) is 0 Å². The average Bonchev–Trinajstić information content (AvgIpc) is 2.45. The second-order valence-corrected chi connectivity index (χ2v) is 5.21. The smallest absolute Gasteiger partial charge is 0.241 e. The molecule has 0 bridgehead atoms. The average molecular weight is 295 g/mol. The Morgan fingerprint density at radius 3 is 2.60 bits per heavy atom. The number of anilines is 1. The maximum Gasteiger partial charge on any atom is 0.241 e. The van der Waals surface area contributed by atoms with Crippen LogP contribution in [0.25, 0.3) is 0 Å². The van der Waals surface area contributed by atoms with Crippen molar-refractivity contribution in [2.45, 2.75) is 25.9 Å². The number of likely N-dealkylation sites (N-methyl/N-ethyl adjacent to an activating group) is 1. The molecule has 0 saturated carbocycles. The number of thiocarbonyl (C=S) groups is 1. The van der Waals surface area contributed by atoms with Crippen LogP contribution in [0.1, 0.15) is 19.4 Å². The molecule has 1 amide bonds. The van der Waals surface area contributed by atoms with Crippen molar-refractivity contribution in [1.29, 1.82) is 0 Å². The maximum absolute atomic E-state index is 12.2. The Hall–Kier alpha value is -1.50. The molecule has 0 radical (unpaired) electrons. The van der Waals surface area contributed by atoms with E-state index >= 15 is 0 Å². The predicted molar refractivity (Wildman–Crippen MR) is 84.7 cm³/mol. The second-order valence-electron chi connectivity index (χ2n) is 4.77. The topological polar surface area (TPSA) is 78.6 Å². The maximum atomic E-state index is 12.2. The number of carbonyl (C=O) groups excluding carboxylic acids is 1. The van der Waals surface area contributed by atoms with Crippen LogP contribution in [-0.4, -0.2) is 46.6 Å². The lowest BCUT2D eigenvalue weighted by molar-refractivity contribution is -0.121. The number of nitrogens with one attached hydrogen (secondary N) is 1. The van der Waals surface area contributed by atoms with Crippen LogP contribution in [0, 0.1) is 0 Å². The third-order valence-corrected chi connectivity index (χ3v) is 3.62. The molecule has 1 aromatic carbocycles. The number of rotatable bonds is 6. The summed E-state index contributed by atoms with van der Waals surface area (Å²) in [7, 11) is 1.80. The molecule has 2 unspecified atom stereocenters. The van der Waals surface area contributed by atoms with Gasteiger partial charge in [-0.1, -0.05) is 24.4 Å². The highest BCUT2D eigenvalue weighted by molar-refractivity contribution is 7.80. The van der Waals surface area contributed by atoms with Crippen LogP contribution in [0.2, 0.25) is 0 Å². The Balaban J connectivity index is 2.83. The van der Waals surface area contributed by atoms with Crippen LogP contribution in [0.4, 0.5) is 5.69 Å². The molecule has 20 heavy (non-hydrogen) atoms. The zero-order chi connectivity index (χ0) is 15.3. The Bertz CT molecular complexity index is 493. The molecule has 0 heterocycles. The lowest BCUT2D eigenvalue weighted by atomic mass is 10.1. The monoisotopic (exact) mass is 295 g/mol. The molecular weight excluding hydrogens is 274 g/mol. The summed E-state index contributed by atoms with van der Waals surface area (Å²) in [4.78, 5) is 14.3. The summed E-state index contributed by atoms with van der Waals surface area (Å²) in [5.74, 6) is -0.170. The number of benzene rings is 1. The lowest BCUT2D eigenvalue weighted by Crippen LogP contribution is -2.45. The highest BCUT2D eigenvalue weighted by Crippen LogP contribution is 2.16. The molecular formula is C14H21N3O2S. The predicted octanol–water partition coefficient (Wildman–Crippen LogP) is 0.960. The van der Waals surface area contributed by atoms with E-state index in [4.69, 9.17) is 23.1 Å². The Labute approximate surface area is 124 Å². The number of aliphatic hydroxyl groups is 1. The first-order valence-corrected chi connectivity index (χ1v) is 6.81. The van der Waals surface area contributed by atoms with E-state index in [-0.39, 0.29) is 29.6 Å². The number of amides is 1. The van der Waals surface area contributed by atoms with E-state index < -0.39 is 0 Å². The van der Waals surface area contributed by atoms with Gasteiger partial charge >= 0.3 is 0 Å². The first-order chi connectivity index (χ1) is 9.38. The van der Waals surface area contributed by atoms with Crippen molar-refractivity contribution in [3.63, 3.8) is 0 Å². The van der Waals surface area contributed by atoms with Crippen LogP contribution < -0.4 is 11.1 Å². The molecule has 110 valence electrons. The van der Waals surface area contributed by atoms with Gasteiger partial charge in [-0.25, -0.2) is 0 Å². The van der Waals surface area contributed by atoms with Gasteiger partial charge in [0.2, 0.25) is 5.91 Å². The fourth-order valence-electron chi connectivity index (χ4n) is 1.74. The third-order valence-electron chi connectivity index (χ3n) is 3.40. The van der Waals surface area contributed by atoms with Crippen molar-refractivity contribution >= 4 is 28.8 Å². The Kier molecular flexibility index (Phi) is 6.06. The van der Waals surface area contributed by atoms with E-state index in [9.17, 15) is 4.79 Å². The van der Waals surface area contributed by atoms with Crippen molar-refractivity contribution in [2.24, 2.45) is 5.73 Å². The van der Waals surface area contributed by atoms with Gasteiger partial charge in [-0.2, -0.15) is 0 Å². The van der Waals surface area contributed by atoms with Crippen LogP contribution in [0.15, 0.2) is 24.3 Å². The molecule has 1 aromatic rings.